The van der Waals surface area contributed by atoms with E-state index in [1.54, 1.807) is 0 Å². The number of nitrogens with zero attached hydrogens (tertiary/aromatic N) is 1. The topological polar surface area (TPSA) is 15.3 Å². The molecule has 0 radical (unpaired) electrons. The van der Waals surface area contributed by atoms with Gasteiger partial charge in [-0.25, -0.2) is 0 Å². The lowest BCUT2D eigenvalue weighted by molar-refractivity contribution is 0.589. The number of hydrogen-bond donors (Lipinski definition) is 1. The van der Waals surface area contributed by atoms with Gasteiger partial charge in [0.25, 0.3) is 0 Å². The van der Waals surface area contributed by atoms with Crippen LogP contribution in [-0.2, 0) is 0 Å². The first-order chi connectivity index (χ1) is 7.36. The molecule has 0 bridgehead atoms. The van der Waals surface area contributed by atoms with Gasteiger partial charge in [0.2, 0.25) is 0 Å². The summed E-state index contributed by atoms with van der Waals surface area (Å²) in [5.74, 6) is 0. The highest BCUT2D eigenvalue weighted by molar-refractivity contribution is 5.47. The summed E-state index contributed by atoms with van der Waals surface area (Å²) in [4.78, 5) is 2.43. The van der Waals surface area contributed by atoms with Gasteiger partial charge in [-0.2, -0.15) is 0 Å². The predicted octanol–water partition coefficient (Wildman–Crippen LogP) is 2.43. The Labute approximate surface area is 93.3 Å². The molecule has 0 aliphatic carbocycles. The van der Waals surface area contributed by atoms with Gasteiger partial charge in [0.15, 0.2) is 0 Å². The molecule has 2 nitrogen and oxygen atoms in total. The van der Waals surface area contributed by atoms with Gasteiger partial charge in [0.05, 0.1) is 0 Å². The van der Waals surface area contributed by atoms with Crippen molar-refractivity contribution in [2.75, 3.05) is 31.1 Å². The molecule has 1 saturated heterocycles. The van der Waals surface area contributed by atoms with Gasteiger partial charge in [-0.3, -0.25) is 0 Å². The van der Waals surface area contributed by atoms with E-state index >= 15 is 0 Å². The average Bonchev–Trinajstić information content (AvgIpc) is 2.34. The Morgan fingerprint density at radius 3 is 2.07 bits per heavy atom. The van der Waals surface area contributed by atoms with Crippen molar-refractivity contribution in [3.63, 3.8) is 0 Å². The third-order valence-corrected chi connectivity index (χ3v) is 2.52. The van der Waals surface area contributed by atoms with Crippen molar-refractivity contribution in [2.24, 2.45) is 0 Å². The van der Waals surface area contributed by atoms with Gasteiger partial charge >= 0.3 is 0 Å². The summed E-state index contributed by atoms with van der Waals surface area (Å²) in [6.07, 6.45) is 0. The fraction of sp³-hybridized carbons (Fsp3) is 0.538. The molecule has 1 heterocycles. The highest BCUT2D eigenvalue weighted by atomic mass is 15.2. The van der Waals surface area contributed by atoms with E-state index in [2.05, 4.69) is 41.4 Å². The van der Waals surface area contributed by atoms with Crippen LogP contribution < -0.4 is 10.2 Å². The molecule has 1 fully saturated rings. The molecule has 0 unspecified atom stereocenters. The van der Waals surface area contributed by atoms with Crippen molar-refractivity contribution >= 4 is 5.69 Å². The van der Waals surface area contributed by atoms with Gasteiger partial charge in [0, 0.05) is 31.9 Å². The van der Waals surface area contributed by atoms with Crippen LogP contribution in [0.25, 0.3) is 0 Å². The Hall–Kier alpha value is -1.02. The molecule has 2 rings (SSSR count). The third kappa shape index (κ3) is 3.56. The Balaban J connectivity index is 0.000000531. The summed E-state index contributed by atoms with van der Waals surface area (Å²) >= 11 is 0. The normalized spacial score (nSPS) is 15.5. The third-order valence-electron chi connectivity index (χ3n) is 2.52. The van der Waals surface area contributed by atoms with E-state index in [9.17, 15) is 0 Å². The lowest BCUT2D eigenvalue weighted by atomic mass is 10.2. The van der Waals surface area contributed by atoms with Crippen LogP contribution in [0.2, 0.25) is 0 Å². The summed E-state index contributed by atoms with van der Waals surface area (Å²) in [5, 5.41) is 3.35. The van der Waals surface area contributed by atoms with E-state index in [0.29, 0.717) is 0 Å². The van der Waals surface area contributed by atoms with Crippen LogP contribution in [-0.4, -0.2) is 26.2 Å². The zero-order valence-corrected chi connectivity index (χ0v) is 10.1. The minimum absolute atomic E-state index is 1.11. The standard InChI is InChI=1S/C11H16N2.C2H6/c1-10-2-4-11(5-3-10)13-8-6-12-7-9-13;1-2/h2-5,12H,6-9H2,1H3;1-2H3. The van der Waals surface area contributed by atoms with E-state index in [0.717, 1.165) is 26.2 Å². The Bertz CT molecular complexity index is 260. The van der Waals surface area contributed by atoms with Crippen LogP contribution in [0.1, 0.15) is 19.4 Å². The number of hydrogen-bond acceptors (Lipinski definition) is 2. The molecule has 1 aliphatic heterocycles. The van der Waals surface area contributed by atoms with Gasteiger partial charge < -0.3 is 10.2 Å². The fourth-order valence-electron chi connectivity index (χ4n) is 1.68. The highest BCUT2D eigenvalue weighted by Gasteiger charge is 2.08. The van der Waals surface area contributed by atoms with Crippen molar-refractivity contribution in [3.8, 4) is 0 Å². The quantitative estimate of drug-likeness (QED) is 0.759. The molecule has 1 N–H and O–H groups in total. The predicted molar refractivity (Wildman–Crippen MR) is 67.6 cm³/mol. The van der Waals surface area contributed by atoms with E-state index < -0.39 is 0 Å². The SMILES string of the molecule is CC.Cc1ccc(N2CCNCC2)cc1. The molecule has 0 amide bonds. The Morgan fingerprint density at radius 2 is 1.53 bits per heavy atom. The maximum atomic E-state index is 3.35. The molecule has 1 aliphatic rings. The van der Waals surface area contributed by atoms with Crippen molar-refractivity contribution in [2.45, 2.75) is 20.8 Å². The molecule has 0 saturated carbocycles. The smallest absolute Gasteiger partial charge is 0.0367 e. The first-order valence-electron chi connectivity index (χ1n) is 5.88. The van der Waals surface area contributed by atoms with Gasteiger partial charge in [-0.1, -0.05) is 31.5 Å². The van der Waals surface area contributed by atoms with Crippen LogP contribution in [0.3, 0.4) is 0 Å². The average molecular weight is 206 g/mol. The lowest BCUT2D eigenvalue weighted by Crippen LogP contribution is -2.43. The Kier molecular flexibility index (Phi) is 5.19. The number of aryl methyl sites for hydroxylation is 1. The second kappa shape index (κ2) is 6.46. The van der Waals surface area contributed by atoms with E-state index in [4.69, 9.17) is 0 Å². The van der Waals surface area contributed by atoms with Gasteiger partial charge in [0.1, 0.15) is 0 Å². The minimum atomic E-state index is 1.11. The molecule has 0 aromatic heterocycles. The Morgan fingerprint density at radius 1 is 1.00 bits per heavy atom. The summed E-state index contributed by atoms with van der Waals surface area (Å²) < 4.78 is 0. The lowest BCUT2D eigenvalue weighted by Gasteiger charge is -2.29. The molecule has 0 spiro atoms. The van der Waals surface area contributed by atoms with Crippen LogP contribution in [0, 0.1) is 6.92 Å². The van der Waals surface area contributed by atoms with Crippen molar-refractivity contribution < 1.29 is 0 Å². The summed E-state index contributed by atoms with van der Waals surface area (Å²) in [5.41, 5.74) is 2.69. The fourth-order valence-corrected chi connectivity index (χ4v) is 1.68. The number of anilines is 1. The second-order valence-corrected chi connectivity index (χ2v) is 3.57. The molecule has 0 atom stereocenters. The van der Waals surface area contributed by atoms with Gasteiger partial charge in [-0.05, 0) is 19.1 Å². The van der Waals surface area contributed by atoms with Gasteiger partial charge in [-0.15, -0.1) is 0 Å². The van der Waals surface area contributed by atoms with Crippen LogP contribution in [0.15, 0.2) is 24.3 Å². The monoisotopic (exact) mass is 206 g/mol. The molecule has 15 heavy (non-hydrogen) atoms. The summed E-state index contributed by atoms with van der Waals surface area (Å²) in [7, 11) is 0. The maximum Gasteiger partial charge on any atom is 0.0367 e. The maximum absolute atomic E-state index is 3.35. The number of nitrogens with one attached hydrogen (secondary N) is 1. The molecule has 84 valence electrons. The van der Waals surface area contributed by atoms with E-state index in [1.165, 1.54) is 11.3 Å². The number of benzene rings is 1. The summed E-state index contributed by atoms with van der Waals surface area (Å²) in [6, 6.07) is 8.77. The van der Waals surface area contributed by atoms with Crippen LogP contribution in [0.5, 0.6) is 0 Å². The van der Waals surface area contributed by atoms with E-state index in [-0.39, 0.29) is 0 Å². The first-order valence-corrected chi connectivity index (χ1v) is 5.88. The van der Waals surface area contributed by atoms with Crippen molar-refractivity contribution in [1.82, 2.24) is 5.32 Å². The number of piperazine rings is 1. The van der Waals surface area contributed by atoms with Crippen LogP contribution >= 0.6 is 0 Å². The van der Waals surface area contributed by atoms with E-state index in [1.807, 2.05) is 13.8 Å². The molecule has 2 heteroatoms. The number of rotatable bonds is 1. The molecular formula is C13H22N2. The van der Waals surface area contributed by atoms with Crippen LogP contribution in [0.4, 0.5) is 5.69 Å². The van der Waals surface area contributed by atoms with Crippen molar-refractivity contribution in [1.29, 1.82) is 0 Å². The second-order valence-electron chi connectivity index (χ2n) is 3.57. The summed E-state index contributed by atoms with van der Waals surface area (Å²) in [6.45, 7) is 10.6. The molecular weight excluding hydrogens is 184 g/mol. The first kappa shape index (κ1) is 12.1. The molecule has 1 aromatic carbocycles. The minimum Gasteiger partial charge on any atom is -0.369 e. The highest BCUT2D eigenvalue weighted by Crippen LogP contribution is 2.14. The largest absolute Gasteiger partial charge is 0.369 e. The zero-order chi connectivity index (χ0) is 11.1. The van der Waals surface area contributed by atoms with Crippen molar-refractivity contribution in [3.05, 3.63) is 29.8 Å². The molecule has 1 aromatic rings. The zero-order valence-electron chi connectivity index (χ0n) is 10.1.